The first kappa shape index (κ1) is 13.7. The van der Waals surface area contributed by atoms with E-state index < -0.39 is 0 Å². The van der Waals surface area contributed by atoms with E-state index in [0.717, 1.165) is 0 Å². The summed E-state index contributed by atoms with van der Waals surface area (Å²) in [6.07, 6.45) is 3.09. The average Bonchev–Trinajstić information content (AvgIpc) is 2.48. The highest BCUT2D eigenvalue weighted by Gasteiger charge is 2.15. The van der Waals surface area contributed by atoms with Crippen molar-refractivity contribution in [3.05, 3.63) is 59.9 Å². The number of nitrogens with one attached hydrogen (secondary N) is 1. The number of hydrogen-bond donors (Lipinski definition) is 1. The topological polar surface area (TPSA) is 62.3 Å². The number of pyridine rings is 1. The van der Waals surface area contributed by atoms with Gasteiger partial charge in [-0.15, -0.1) is 0 Å². The third-order valence-electron chi connectivity index (χ3n) is 2.75. The molecule has 0 saturated carbocycles. The fourth-order valence-electron chi connectivity index (χ4n) is 1.72. The molecule has 1 aromatic carbocycles. The van der Waals surface area contributed by atoms with Gasteiger partial charge >= 0.3 is 0 Å². The van der Waals surface area contributed by atoms with Gasteiger partial charge in [-0.25, -0.2) is 0 Å². The molecule has 0 spiro atoms. The number of nitrogens with zero attached hydrogens (tertiary/aromatic N) is 2. The first-order valence-electron chi connectivity index (χ1n) is 6.11. The molecule has 0 unspecified atom stereocenters. The first-order valence-corrected chi connectivity index (χ1v) is 6.11. The van der Waals surface area contributed by atoms with Crippen LogP contribution in [0.1, 0.15) is 20.7 Å². The monoisotopic (exact) mass is 269 g/mol. The van der Waals surface area contributed by atoms with Crippen LogP contribution in [0.15, 0.2) is 48.8 Å². The van der Waals surface area contributed by atoms with E-state index in [1.165, 1.54) is 4.90 Å². The maximum Gasteiger partial charge on any atom is 0.255 e. The average molecular weight is 269 g/mol. The van der Waals surface area contributed by atoms with Crippen molar-refractivity contribution in [3.63, 3.8) is 0 Å². The fourth-order valence-corrected chi connectivity index (χ4v) is 1.72. The normalized spacial score (nSPS) is 9.90. The van der Waals surface area contributed by atoms with E-state index in [1.807, 2.05) is 0 Å². The summed E-state index contributed by atoms with van der Waals surface area (Å²) in [6, 6.07) is 10.2. The Kier molecular flexibility index (Phi) is 4.10. The third-order valence-corrected chi connectivity index (χ3v) is 2.75. The highest BCUT2D eigenvalue weighted by Crippen LogP contribution is 2.17. The van der Waals surface area contributed by atoms with Gasteiger partial charge in [-0.05, 0) is 24.3 Å². The van der Waals surface area contributed by atoms with Gasteiger partial charge in [0.05, 0.1) is 11.3 Å². The molecule has 1 heterocycles. The summed E-state index contributed by atoms with van der Waals surface area (Å²) in [5.41, 5.74) is 1.44. The summed E-state index contributed by atoms with van der Waals surface area (Å²) < 4.78 is 0. The Bertz CT molecular complexity index is 624. The largest absolute Gasteiger partial charge is 0.345 e. The van der Waals surface area contributed by atoms with Crippen LogP contribution in [0.3, 0.4) is 0 Å². The van der Waals surface area contributed by atoms with E-state index in [-0.39, 0.29) is 11.8 Å². The second kappa shape index (κ2) is 5.97. The summed E-state index contributed by atoms with van der Waals surface area (Å²) in [4.78, 5) is 29.5. The van der Waals surface area contributed by atoms with E-state index in [0.29, 0.717) is 16.8 Å². The van der Waals surface area contributed by atoms with Crippen LogP contribution in [0.4, 0.5) is 5.69 Å². The molecule has 20 heavy (non-hydrogen) atoms. The van der Waals surface area contributed by atoms with Crippen LogP contribution < -0.4 is 5.32 Å². The Balaban J connectivity index is 2.26. The van der Waals surface area contributed by atoms with Gasteiger partial charge in [0.2, 0.25) is 0 Å². The molecule has 5 heteroatoms. The second-order valence-electron chi connectivity index (χ2n) is 4.44. The van der Waals surface area contributed by atoms with Crippen LogP contribution in [0, 0.1) is 0 Å². The number of rotatable bonds is 3. The molecule has 2 amide bonds. The molecule has 0 saturated heterocycles. The smallest absolute Gasteiger partial charge is 0.255 e. The SMILES string of the molecule is CN(C)C(=O)c1ccccc1NC(=O)c1ccncc1. The van der Waals surface area contributed by atoms with Crippen molar-refractivity contribution in [2.75, 3.05) is 19.4 Å². The van der Waals surface area contributed by atoms with Gasteiger partial charge in [0.25, 0.3) is 11.8 Å². The molecule has 0 aliphatic carbocycles. The Hall–Kier alpha value is -2.69. The lowest BCUT2D eigenvalue weighted by Gasteiger charge is -2.14. The first-order chi connectivity index (χ1) is 9.59. The standard InChI is InChI=1S/C15H15N3O2/c1-18(2)15(20)12-5-3-4-6-13(12)17-14(19)11-7-9-16-10-8-11/h3-10H,1-2H3,(H,17,19). The molecule has 0 aliphatic heterocycles. The summed E-state index contributed by atoms with van der Waals surface area (Å²) in [6.45, 7) is 0. The number of hydrogen-bond acceptors (Lipinski definition) is 3. The highest BCUT2D eigenvalue weighted by atomic mass is 16.2. The van der Waals surface area contributed by atoms with Crippen LogP contribution in [-0.4, -0.2) is 35.8 Å². The van der Waals surface area contributed by atoms with Gasteiger partial charge in [0, 0.05) is 32.1 Å². The van der Waals surface area contributed by atoms with Crippen LogP contribution in [-0.2, 0) is 0 Å². The molecule has 0 bridgehead atoms. The Morgan fingerprint density at radius 3 is 2.35 bits per heavy atom. The highest BCUT2D eigenvalue weighted by molar-refractivity contribution is 6.08. The number of benzene rings is 1. The van der Waals surface area contributed by atoms with E-state index in [2.05, 4.69) is 10.3 Å². The lowest BCUT2D eigenvalue weighted by molar-refractivity contribution is 0.0828. The van der Waals surface area contributed by atoms with Gasteiger partial charge in [0.15, 0.2) is 0 Å². The zero-order chi connectivity index (χ0) is 14.5. The number of aromatic nitrogens is 1. The molecule has 102 valence electrons. The van der Waals surface area contributed by atoms with Crippen molar-refractivity contribution in [2.45, 2.75) is 0 Å². The molecule has 0 aliphatic rings. The summed E-state index contributed by atoms with van der Waals surface area (Å²) in [7, 11) is 3.34. The summed E-state index contributed by atoms with van der Waals surface area (Å²) in [5, 5.41) is 2.75. The van der Waals surface area contributed by atoms with Gasteiger partial charge in [0.1, 0.15) is 0 Å². The lowest BCUT2D eigenvalue weighted by Crippen LogP contribution is -2.24. The molecule has 1 aromatic heterocycles. The Morgan fingerprint density at radius 2 is 1.70 bits per heavy atom. The molecule has 0 fully saturated rings. The minimum absolute atomic E-state index is 0.157. The predicted molar refractivity (Wildman–Crippen MR) is 76.6 cm³/mol. The van der Waals surface area contributed by atoms with E-state index in [1.54, 1.807) is 62.9 Å². The van der Waals surface area contributed by atoms with Crippen molar-refractivity contribution in [1.82, 2.24) is 9.88 Å². The summed E-state index contributed by atoms with van der Waals surface area (Å²) in [5.74, 6) is -0.429. The van der Waals surface area contributed by atoms with Gasteiger partial charge < -0.3 is 10.2 Å². The minimum atomic E-state index is -0.272. The van der Waals surface area contributed by atoms with Crippen LogP contribution in [0.2, 0.25) is 0 Å². The molecular formula is C15H15N3O2. The van der Waals surface area contributed by atoms with Crippen LogP contribution >= 0.6 is 0 Å². The number of amides is 2. The summed E-state index contributed by atoms with van der Waals surface area (Å²) >= 11 is 0. The Morgan fingerprint density at radius 1 is 1.05 bits per heavy atom. The van der Waals surface area contributed by atoms with Gasteiger partial charge in [-0.1, -0.05) is 12.1 Å². The molecule has 1 N–H and O–H groups in total. The maximum atomic E-state index is 12.1. The molecule has 0 atom stereocenters. The third kappa shape index (κ3) is 3.00. The zero-order valence-electron chi connectivity index (χ0n) is 11.3. The zero-order valence-corrected chi connectivity index (χ0v) is 11.3. The molecular weight excluding hydrogens is 254 g/mol. The van der Waals surface area contributed by atoms with Crippen molar-refractivity contribution >= 4 is 17.5 Å². The van der Waals surface area contributed by atoms with Gasteiger partial charge in [-0.3, -0.25) is 14.6 Å². The van der Waals surface area contributed by atoms with Crippen molar-refractivity contribution in [1.29, 1.82) is 0 Å². The van der Waals surface area contributed by atoms with Crippen molar-refractivity contribution < 1.29 is 9.59 Å². The van der Waals surface area contributed by atoms with E-state index in [9.17, 15) is 9.59 Å². The van der Waals surface area contributed by atoms with Crippen molar-refractivity contribution in [2.24, 2.45) is 0 Å². The number of carbonyl (C=O) groups excluding carboxylic acids is 2. The molecule has 2 aromatic rings. The molecule has 5 nitrogen and oxygen atoms in total. The second-order valence-corrected chi connectivity index (χ2v) is 4.44. The van der Waals surface area contributed by atoms with Gasteiger partial charge in [-0.2, -0.15) is 0 Å². The molecule has 2 rings (SSSR count). The van der Waals surface area contributed by atoms with E-state index >= 15 is 0 Å². The van der Waals surface area contributed by atoms with Crippen LogP contribution in [0.25, 0.3) is 0 Å². The number of para-hydroxylation sites is 1. The lowest BCUT2D eigenvalue weighted by atomic mass is 10.1. The molecule has 0 radical (unpaired) electrons. The number of carbonyl (C=O) groups is 2. The Labute approximate surface area is 117 Å². The fraction of sp³-hybridized carbons (Fsp3) is 0.133. The van der Waals surface area contributed by atoms with Crippen molar-refractivity contribution in [3.8, 4) is 0 Å². The maximum absolute atomic E-state index is 12.1. The van der Waals surface area contributed by atoms with Crippen LogP contribution in [0.5, 0.6) is 0 Å². The quantitative estimate of drug-likeness (QED) is 0.927. The minimum Gasteiger partial charge on any atom is -0.345 e. The number of anilines is 1. The van der Waals surface area contributed by atoms with E-state index in [4.69, 9.17) is 0 Å². The predicted octanol–water partition coefficient (Wildman–Crippen LogP) is 2.04.